The lowest BCUT2D eigenvalue weighted by Crippen LogP contribution is -2.14. The van der Waals surface area contributed by atoms with Gasteiger partial charge in [-0.3, -0.25) is 4.99 Å². The molecule has 2 nitrogen and oxygen atoms in total. The van der Waals surface area contributed by atoms with Crippen LogP contribution in [0.15, 0.2) is 96.5 Å². The fraction of sp³-hybridized carbons (Fsp3) is 0.258. The van der Waals surface area contributed by atoms with E-state index in [0.29, 0.717) is 6.61 Å². The summed E-state index contributed by atoms with van der Waals surface area (Å²) in [5.74, 6) is 0.937. The molecule has 0 spiro atoms. The molecule has 0 fully saturated rings. The third-order valence-electron chi connectivity index (χ3n) is 5.63. The molecule has 0 saturated heterocycles. The Morgan fingerprint density at radius 2 is 1.70 bits per heavy atom. The fourth-order valence-corrected chi connectivity index (χ4v) is 3.80. The zero-order valence-electron chi connectivity index (χ0n) is 20.6. The third kappa shape index (κ3) is 6.10. The number of ether oxygens (including phenoxy) is 1. The van der Waals surface area contributed by atoms with Crippen molar-refractivity contribution in [2.45, 2.75) is 46.1 Å². The van der Waals surface area contributed by atoms with Crippen LogP contribution in [0.2, 0.25) is 0 Å². The van der Waals surface area contributed by atoms with Crippen LogP contribution in [0.5, 0.6) is 5.75 Å². The number of aliphatic imine (C=N–C) groups is 1. The van der Waals surface area contributed by atoms with E-state index in [1.54, 1.807) is 0 Å². The third-order valence-corrected chi connectivity index (χ3v) is 5.63. The number of hydrogen-bond donors (Lipinski definition) is 0. The second-order valence-electron chi connectivity index (χ2n) is 9.19. The minimum Gasteiger partial charge on any atom is -0.488 e. The molecule has 0 aliphatic rings. The van der Waals surface area contributed by atoms with E-state index in [1.807, 2.05) is 31.3 Å². The quantitative estimate of drug-likeness (QED) is 0.325. The average molecular weight is 438 g/mol. The van der Waals surface area contributed by atoms with Crippen LogP contribution in [0, 0.1) is 0 Å². The summed E-state index contributed by atoms with van der Waals surface area (Å²) < 4.78 is 6.50. The van der Waals surface area contributed by atoms with Gasteiger partial charge < -0.3 is 4.74 Å². The Labute approximate surface area is 199 Å². The van der Waals surface area contributed by atoms with E-state index in [2.05, 4.69) is 99.9 Å². The molecule has 2 heteroatoms. The topological polar surface area (TPSA) is 21.6 Å². The maximum absolute atomic E-state index is 6.50. The molecule has 33 heavy (non-hydrogen) atoms. The molecule has 0 atom stereocenters. The van der Waals surface area contributed by atoms with E-state index in [1.165, 1.54) is 5.56 Å². The van der Waals surface area contributed by atoms with Crippen LogP contribution in [-0.4, -0.2) is 12.8 Å². The lowest BCUT2D eigenvalue weighted by Gasteiger charge is -2.25. The number of para-hydroxylation sites is 1. The van der Waals surface area contributed by atoms with E-state index in [9.17, 15) is 0 Å². The highest BCUT2D eigenvalue weighted by Crippen LogP contribution is 2.40. The molecule has 0 aliphatic heterocycles. The van der Waals surface area contributed by atoms with Crippen molar-refractivity contribution in [1.82, 2.24) is 0 Å². The summed E-state index contributed by atoms with van der Waals surface area (Å²) in [6.45, 7) is 13.7. The van der Waals surface area contributed by atoms with Crippen molar-refractivity contribution in [1.29, 1.82) is 0 Å². The molecule has 3 aromatic carbocycles. The van der Waals surface area contributed by atoms with Gasteiger partial charge in [0.25, 0.3) is 0 Å². The zero-order valence-corrected chi connectivity index (χ0v) is 20.6. The molecule has 0 aliphatic carbocycles. The predicted octanol–water partition coefficient (Wildman–Crippen LogP) is 8.28. The minimum atomic E-state index is -0.0454. The van der Waals surface area contributed by atoms with Crippen LogP contribution < -0.4 is 4.74 Å². The number of rotatable bonds is 8. The Bertz CT molecular complexity index is 1150. The highest BCUT2D eigenvalue weighted by molar-refractivity contribution is 6.28. The smallest absolute Gasteiger partial charge is 0.131 e. The SMILES string of the molecule is C=C(C(/C=C\CC)=NC)c1cccc(-c2cccc(C(C)(C)C)c2OCc2ccccc2)c1. The maximum atomic E-state index is 6.50. The van der Waals surface area contributed by atoms with Crippen molar-refractivity contribution in [3.05, 3.63) is 108 Å². The Hall–Kier alpha value is -3.39. The molecule has 0 unspecified atom stereocenters. The van der Waals surface area contributed by atoms with Gasteiger partial charge in [-0.25, -0.2) is 0 Å². The fourth-order valence-electron chi connectivity index (χ4n) is 3.80. The van der Waals surface area contributed by atoms with Crippen molar-refractivity contribution < 1.29 is 4.74 Å². The van der Waals surface area contributed by atoms with Crippen LogP contribution in [0.3, 0.4) is 0 Å². The normalized spacial score (nSPS) is 12.2. The monoisotopic (exact) mass is 437 g/mol. The molecule has 0 heterocycles. The molecule has 0 N–H and O–H groups in total. The number of allylic oxidation sites excluding steroid dienone is 3. The molecular weight excluding hydrogens is 402 g/mol. The first kappa shape index (κ1) is 24.3. The van der Waals surface area contributed by atoms with Crippen molar-refractivity contribution in [3.8, 4) is 16.9 Å². The lowest BCUT2D eigenvalue weighted by atomic mass is 9.84. The standard InChI is InChI=1S/C31H35NO/c1-7-8-20-29(32-6)23(2)25-16-12-17-26(21-25)27-18-13-19-28(31(3,4)5)30(27)33-22-24-14-10-9-11-15-24/h8-21H,2,7,22H2,1,3-6H3/b20-8-,32-29?. The van der Waals surface area contributed by atoms with Crippen LogP contribution >= 0.6 is 0 Å². The van der Waals surface area contributed by atoms with Crippen molar-refractivity contribution in [3.63, 3.8) is 0 Å². The molecular formula is C31H35NO. The van der Waals surface area contributed by atoms with Crippen LogP contribution in [-0.2, 0) is 12.0 Å². The molecule has 0 amide bonds. The summed E-state index contributed by atoms with van der Waals surface area (Å²) in [5.41, 5.74) is 7.38. The first-order chi connectivity index (χ1) is 15.8. The van der Waals surface area contributed by atoms with Crippen molar-refractivity contribution in [2.75, 3.05) is 7.05 Å². The van der Waals surface area contributed by atoms with Gasteiger partial charge in [-0.1, -0.05) is 107 Å². The van der Waals surface area contributed by atoms with Gasteiger partial charge in [0.1, 0.15) is 12.4 Å². The Kier molecular flexibility index (Phi) is 8.06. The lowest BCUT2D eigenvalue weighted by molar-refractivity contribution is 0.299. The molecule has 3 aromatic rings. The summed E-state index contributed by atoms with van der Waals surface area (Å²) in [5, 5.41) is 0. The van der Waals surface area contributed by atoms with Crippen LogP contribution in [0.25, 0.3) is 16.7 Å². The highest BCUT2D eigenvalue weighted by atomic mass is 16.5. The molecule has 0 aromatic heterocycles. The van der Waals surface area contributed by atoms with E-state index in [0.717, 1.165) is 45.7 Å². The number of nitrogens with zero attached hydrogens (tertiary/aromatic N) is 1. The predicted molar refractivity (Wildman–Crippen MR) is 143 cm³/mol. The van der Waals surface area contributed by atoms with E-state index in [4.69, 9.17) is 4.74 Å². The van der Waals surface area contributed by atoms with Crippen LogP contribution in [0.1, 0.15) is 50.8 Å². The van der Waals surface area contributed by atoms with Gasteiger partial charge in [0, 0.05) is 18.2 Å². The molecule has 170 valence electrons. The number of hydrogen-bond acceptors (Lipinski definition) is 2. The van der Waals surface area contributed by atoms with Gasteiger partial charge in [0.05, 0.1) is 5.71 Å². The molecule has 0 saturated carbocycles. The van der Waals surface area contributed by atoms with E-state index in [-0.39, 0.29) is 5.41 Å². The average Bonchev–Trinajstić information content (AvgIpc) is 2.83. The first-order valence-corrected chi connectivity index (χ1v) is 11.6. The van der Waals surface area contributed by atoms with E-state index < -0.39 is 0 Å². The molecule has 0 radical (unpaired) electrons. The first-order valence-electron chi connectivity index (χ1n) is 11.6. The number of benzene rings is 3. The van der Waals surface area contributed by atoms with E-state index >= 15 is 0 Å². The summed E-state index contributed by atoms with van der Waals surface area (Å²) in [7, 11) is 1.81. The van der Waals surface area contributed by atoms with Gasteiger partial charge in [0.2, 0.25) is 0 Å². The zero-order chi connectivity index (χ0) is 23.8. The Balaban J connectivity index is 2.04. The van der Waals surface area contributed by atoms with Crippen LogP contribution in [0.4, 0.5) is 0 Å². The second-order valence-corrected chi connectivity index (χ2v) is 9.19. The summed E-state index contributed by atoms with van der Waals surface area (Å²) in [6.07, 6.45) is 5.12. The van der Waals surface area contributed by atoms with Crippen molar-refractivity contribution >= 4 is 11.3 Å². The van der Waals surface area contributed by atoms with Gasteiger partial charge in [-0.05, 0) is 46.2 Å². The second kappa shape index (κ2) is 11.0. The molecule has 3 rings (SSSR count). The van der Waals surface area contributed by atoms with Gasteiger partial charge in [-0.15, -0.1) is 0 Å². The van der Waals surface area contributed by atoms with Gasteiger partial charge >= 0.3 is 0 Å². The summed E-state index contributed by atoms with van der Waals surface area (Å²) >= 11 is 0. The van der Waals surface area contributed by atoms with Crippen molar-refractivity contribution in [2.24, 2.45) is 4.99 Å². The Morgan fingerprint density at radius 3 is 2.36 bits per heavy atom. The summed E-state index contributed by atoms with van der Waals surface area (Å²) in [6, 6.07) is 25.2. The minimum absolute atomic E-state index is 0.0454. The Morgan fingerprint density at radius 1 is 0.970 bits per heavy atom. The van der Waals surface area contributed by atoms with Gasteiger partial charge in [0.15, 0.2) is 0 Å². The molecule has 0 bridgehead atoms. The highest BCUT2D eigenvalue weighted by Gasteiger charge is 2.22. The van der Waals surface area contributed by atoms with Gasteiger partial charge in [-0.2, -0.15) is 0 Å². The largest absolute Gasteiger partial charge is 0.488 e. The summed E-state index contributed by atoms with van der Waals surface area (Å²) in [4.78, 5) is 4.44. The maximum Gasteiger partial charge on any atom is 0.131 e.